The van der Waals surface area contributed by atoms with E-state index in [1.807, 2.05) is 34.6 Å². The lowest BCUT2D eigenvalue weighted by atomic mass is 9.74. The number of carbonyl (C=O) groups excluding carboxylic acids is 2. The van der Waals surface area contributed by atoms with Crippen LogP contribution in [-0.4, -0.2) is 22.0 Å². The molecule has 0 aliphatic heterocycles. The lowest BCUT2D eigenvalue weighted by Crippen LogP contribution is -2.40. The molecule has 0 fully saturated rings. The van der Waals surface area contributed by atoms with Crippen LogP contribution in [0.2, 0.25) is 0 Å². The van der Waals surface area contributed by atoms with Crippen LogP contribution >= 0.6 is 0 Å². The number of rotatable bonds is 5. The number of nitrogens with one attached hydrogen (secondary N) is 1. The van der Waals surface area contributed by atoms with Crippen LogP contribution in [-0.2, 0) is 11.3 Å². The lowest BCUT2D eigenvalue weighted by molar-refractivity contribution is -0.130. The van der Waals surface area contributed by atoms with Crippen LogP contribution in [0.4, 0.5) is 0 Å². The largest absolute Gasteiger partial charge is 0.415 e. The summed E-state index contributed by atoms with van der Waals surface area (Å²) in [6.07, 6.45) is 0. The second-order valence-electron chi connectivity index (χ2n) is 6.17. The molecule has 1 atom stereocenters. The molecular weight excluding hydrogens is 260 g/mol. The van der Waals surface area contributed by atoms with Crippen molar-refractivity contribution in [1.29, 1.82) is 0 Å². The smallest absolute Gasteiger partial charge is 0.306 e. The van der Waals surface area contributed by atoms with Gasteiger partial charge in [-0.05, 0) is 11.3 Å². The van der Waals surface area contributed by atoms with E-state index in [1.165, 1.54) is 0 Å². The fraction of sp³-hybridized carbons (Fsp3) is 0.692. The van der Waals surface area contributed by atoms with Crippen molar-refractivity contribution in [2.75, 3.05) is 0 Å². The molecule has 0 saturated carbocycles. The molecule has 0 bridgehead atoms. The molecule has 1 aromatic rings. The summed E-state index contributed by atoms with van der Waals surface area (Å²) in [6, 6.07) is 0. The van der Waals surface area contributed by atoms with E-state index in [1.54, 1.807) is 0 Å². The van der Waals surface area contributed by atoms with Crippen LogP contribution in [0, 0.1) is 17.3 Å². The summed E-state index contributed by atoms with van der Waals surface area (Å²) in [4.78, 5) is 23.1. The highest BCUT2D eigenvalue weighted by Crippen LogP contribution is 2.32. The summed E-state index contributed by atoms with van der Waals surface area (Å²) in [5.74, 6) is -0.898. The van der Waals surface area contributed by atoms with E-state index in [0.717, 1.165) is 0 Å². The summed E-state index contributed by atoms with van der Waals surface area (Å²) in [5, 5.41) is 9.88. The zero-order chi connectivity index (χ0) is 15.5. The summed E-state index contributed by atoms with van der Waals surface area (Å²) < 4.78 is 5.01. The molecule has 1 unspecified atom stereocenters. The van der Waals surface area contributed by atoms with Gasteiger partial charge in [0, 0.05) is 5.92 Å². The van der Waals surface area contributed by atoms with E-state index >= 15 is 0 Å². The number of carbonyl (C=O) groups is 2. The minimum atomic E-state index is -0.787. The maximum atomic E-state index is 12.3. The van der Waals surface area contributed by atoms with E-state index < -0.39 is 5.91 Å². The van der Waals surface area contributed by atoms with Crippen molar-refractivity contribution in [2.24, 2.45) is 23.0 Å². The van der Waals surface area contributed by atoms with Crippen molar-refractivity contribution in [3.05, 3.63) is 11.8 Å². The van der Waals surface area contributed by atoms with E-state index in [2.05, 4.69) is 15.5 Å². The van der Waals surface area contributed by atoms with Crippen molar-refractivity contribution in [2.45, 2.75) is 41.2 Å². The molecule has 0 aliphatic carbocycles. The maximum absolute atomic E-state index is 12.3. The SMILES string of the molecule is CC(C)C(C(=O)NCc1nnc(C(N)=O)o1)C(C)(C)C. The minimum Gasteiger partial charge on any atom is -0.415 e. The molecule has 20 heavy (non-hydrogen) atoms. The molecule has 112 valence electrons. The summed E-state index contributed by atoms with van der Waals surface area (Å²) in [6.45, 7) is 10.2. The zero-order valence-corrected chi connectivity index (χ0v) is 12.6. The zero-order valence-electron chi connectivity index (χ0n) is 12.6. The molecule has 0 spiro atoms. The number of primary amides is 1. The third-order valence-corrected chi connectivity index (χ3v) is 2.97. The Hall–Kier alpha value is -1.92. The monoisotopic (exact) mass is 282 g/mol. The van der Waals surface area contributed by atoms with E-state index in [4.69, 9.17) is 10.2 Å². The second kappa shape index (κ2) is 6.02. The first-order valence-corrected chi connectivity index (χ1v) is 6.52. The average Bonchev–Trinajstić information content (AvgIpc) is 2.72. The Morgan fingerprint density at radius 2 is 1.90 bits per heavy atom. The Morgan fingerprint density at radius 1 is 1.30 bits per heavy atom. The highest BCUT2D eigenvalue weighted by molar-refractivity contribution is 5.87. The summed E-state index contributed by atoms with van der Waals surface area (Å²) in [5.41, 5.74) is 4.86. The lowest BCUT2D eigenvalue weighted by Gasteiger charge is -2.32. The van der Waals surface area contributed by atoms with Crippen LogP contribution in [0.1, 0.15) is 51.2 Å². The van der Waals surface area contributed by atoms with Gasteiger partial charge in [0.25, 0.3) is 0 Å². The van der Waals surface area contributed by atoms with Gasteiger partial charge in [-0.25, -0.2) is 0 Å². The standard InChI is InChI=1S/C13H22N4O3/c1-7(2)9(13(3,4)5)11(19)15-6-8-16-17-12(20-8)10(14)18/h7,9H,6H2,1-5H3,(H2,14,18)(H,15,19). The van der Waals surface area contributed by atoms with Gasteiger partial charge in [-0.15, -0.1) is 10.2 Å². The Bertz CT molecular complexity index is 488. The van der Waals surface area contributed by atoms with Crippen LogP contribution < -0.4 is 11.1 Å². The average molecular weight is 282 g/mol. The molecule has 1 rings (SSSR count). The second-order valence-corrected chi connectivity index (χ2v) is 6.17. The third kappa shape index (κ3) is 4.04. The molecule has 3 N–H and O–H groups in total. The van der Waals surface area contributed by atoms with Gasteiger partial charge >= 0.3 is 11.8 Å². The topological polar surface area (TPSA) is 111 Å². The number of hydrogen-bond donors (Lipinski definition) is 2. The van der Waals surface area contributed by atoms with Gasteiger partial charge in [-0.2, -0.15) is 0 Å². The first-order valence-electron chi connectivity index (χ1n) is 6.52. The Kier molecular flexibility index (Phi) is 4.86. The third-order valence-electron chi connectivity index (χ3n) is 2.97. The molecule has 0 aliphatic rings. The normalized spacial score (nSPS) is 13.3. The molecule has 0 radical (unpaired) electrons. The van der Waals surface area contributed by atoms with Gasteiger partial charge in [0.1, 0.15) is 0 Å². The highest BCUT2D eigenvalue weighted by Gasteiger charge is 2.33. The summed E-state index contributed by atoms with van der Waals surface area (Å²) in [7, 11) is 0. The van der Waals surface area contributed by atoms with Gasteiger partial charge in [-0.3, -0.25) is 9.59 Å². The van der Waals surface area contributed by atoms with Gasteiger partial charge in [0.05, 0.1) is 6.54 Å². The molecule has 1 aromatic heterocycles. The molecule has 7 nitrogen and oxygen atoms in total. The van der Waals surface area contributed by atoms with Crippen LogP contribution in [0.5, 0.6) is 0 Å². The van der Waals surface area contributed by atoms with Crippen LogP contribution in [0.15, 0.2) is 4.42 Å². The predicted molar refractivity (Wildman–Crippen MR) is 72.4 cm³/mol. The van der Waals surface area contributed by atoms with Crippen molar-refractivity contribution >= 4 is 11.8 Å². The first kappa shape index (κ1) is 16.1. The van der Waals surface area contributed by atoms with Gasteiger partial charge in [0.15, 0.2) is 0 Å². The molecule has 0 aromatic carbocycles. The minimum absolute atomic E-state index is 0.0775. The van der Waals surface area contributed by atoms with E-state index in [9.17, 15) is 9.59 Å². The van der Waals surface area contributed by atoms with Crippen LogP contribution in [0.25, 0.3) is 0 Å². The fourth-order valence-electron chi connectivity index (χ4n) is 2.39. The molecule has 7 heteroatoms. The first-order chi connectivity index (χ1) is 9.12. The number of nitrogens with two attached hydrogens (primary N) is 1. The van der Waals surface area contributed by atoms with Gasteiger partial charge in [-0.1, -0.05) is 34.6 Å². The quantitative estimate of drug-likeness (QED) is 0.840. The predicted octanol–water partition coefficient (Wildman–Crippen LogP) is 1.10. The number of nitrogens with zero attached hydrogens (tertiary/aromatic N) is 2. The molecule has 0 saturated heterocycles. The van der Waals surface area contributed by atoms with E-state index in [-0.39, 0.29) is 41.5 Å². The molecule has 1 heterocycles. The highest BCUT2D eigenvalue weighted by atomic mass is 16.4. The molecule has 2 amide bonds. The van der Waals surface area contributed by atoms with E-state index in [0.29, 0.717) is 0 Å². The summed E-state index contributed by atoms with van der Waals surface area (Å²) >= 11 is 0. The van der Waals surface area contributed by atoms with Gasteiger partial charge < -0.3 is 15.5 Å². The number of aromatic nitrogens is 2. The van der Waals surface area contributed by atoms with Crippen molar-refractivity contribution in [1.82, 2.24) is 15.5 Å². The fourth-order valence-corrected chi connectivity index (χ4v) is 2.39. The van der Waals surface area contributed by atoms with Crippen LogP contribution in [0.3, 0.4) is 0 Å². The van der Waals surface area contributed by atoms with Crippen molar-refractivity contribution < 1.29 is 14.0 Å². The Morgan fingerprint density at radius 3 is 2.30 bits per heavy atom. The van der Waals surface area contributed by atoms with Gasteiger partial charge in [0.2, 0.25) is 11.8 Å². The maximum Gasteiger partial charge on any atom is 0.306 e. The number of amides is 2. The van der Waals surface area contributed by atoms with Crippen molar-refractivity contribution in [3.8, 4) is 0 Å². The number of hydrogen-bond acceptors (Lipinski definition) is 5. The Labute approximate surface area is 118 Å². The molecular formula is C13H22N4O3. The van der Waals surface area contributed by atoms with Crippen molar-refractivity contribution in [3.63, 3.8) is 0 Å². The Balaban J connectivity index is 2.67.